The summed E-state index contributed by atoms with van der Waals surface area (Å²) in [4.78, 5) is 52.7. The number of rotatable bonds is 19. The fraction of sp³-hybridized carbons (Fsp3) is 0.406. The van der Waals surface area contributed by atoms with Gasteiger partial charge < -0.3 is 45.1 Å². The smallest absolute Gasteiger partial charge is 0.408 e. The molecule has 292 valence electrons. The maximum atomic E-state index is 12.6. The number of fused-ring (bicyclic) bond motifs is 1. The van der Waals surface area contributed by atoms with Crippen molar-refractivity contribution in [3.8, 4) is 11.5 Å². The average Bonchev–Trinajstić information content (AvgIpc) is 3.73. The number of carbonyl (C=O) groups is 4. The van der Waals surface area contributed by atoms with E-state index in [9.17, 15) is 37.8 Å². The number of primary sulfonamides is 1. The second kappa shape index (κ2) is 18.6. The number of aliphatic hydroxyl groups is 1. The average molecular weight is 793 g/mol. The third kappa shape index (κ3) is 13.2. The largest absolute Gasteiger partial charge is 0.492 e. The maximum absolute atomic E-state index is 12.6. The van der Waals surface area contributed by atoms with Gasteiger partial charge in [-0.2, -0.15) is 0 Å². The van der Waals surface area contributed by atoms with Crippen LogP contribution in [0.4, 0.5) is 4.79 Å². The minimum Gasteiger partial charge on any atom is -0.492 e. The van der Waals surface area contributed by atoms with Crippen LogP contribution in [0.15, 0.2) is 53.0 Å². The Labute approximate surface area is 313 Å². The Morgan fingerprint density at radius 3 is 2.48 bits per heavy atom. The summed E-state index contributed by atoms with van der Waals surface area (Å²) < 4.78 is 46.7. The number of aliphatic carboxylic acids is 1. The molecule has 7 N–H and O–H groups in total. The quantitative estimate of drug-likeness (QED) is 0.0696. The lowest BCUT2D eigenvalue weighted by Crippen LogP contribution is -2.50. The Kier molecular flexibility index (Phi) is 14.2. The van der Waals surface area contributed by atoms with Crippen LogP contribution in [0.3, 0.4) is 0 Å². The number of nitrogens with zero attached hydrogens (tertiary/aromatic N) is 4. The van der Waals surface area contributed by atoms with Gasteiger partial charge in [-0.25, -0.2) is 32.8 Å². The van der Waals surface area contributed by atoms with Gasteiger partial charge in [0.2, 0.25) is 16.2 Å². The minimum atomic E-state index is -3.94. The molecule has 0 aliphatic heterocycles. The summed E-state index contributed by atoms with van der Waals surface area (Å²) in [5.41, 5.74) is 0.687. The Morgan fingerprint density at radius 2 is 1.78 bits per heavy atom. The van der Waals surface area contributed by atoms with Crippen molar-refractivity contribution in [2.45, 2.75) is 62.6 Å². The number of hydrogen-bond acceptors (Lipinski definition) is 15. The van der Waals surface area contributed by atoms with Crippen LogP contribution in [0.5, 0.6) is 11.5 Å². The van der Waals surface area contributed by atoms with E-state index in [-0.39, 0.29) is 43.9 Å². The molecule has 2 heterocycles. The monoisotopic (exact) mass is 792 g/mol. The van der Waals surface area contributed by atoms with Gasteiger partial charge in [-0.3, -0.25) is 9.59 Å². The summed E-state index contributed by atoms with van der Waals surface area (Å²) in [5.74, 6) is -1.74. The number of sulfonamides is 1. The Bertz CT molecular complexity index is 2050. The summed E-state index contributed by atoms with van der Waals surface area (Å²) in [5, 5.41) is 39.3. The molecule has 3 amide bonds. The summed E-state index contributed by atoms with van der Waals surface area (Å²) in [7, 11) is -3.94. The third-order valence-electron chi connectivity index (χ3n) is 6.81. The lowest BCUT2D eigenvalue weighted by Gasteiger charge is -2.22. The first-order valence-electron chi connectivity index (χ1n) is 16.1. The summed E-state index contributed by atoms with van der Waals surface area (Å²) in [6, 6.07) is 8.97. The molecule has 0 radical (unpaired) electrons. The lowest BCUT2D eigenvalue weighted by atomic mass is 10.2. The van der Waals surface area contributed by atoms with E-state index >= 15 is 0 Å². The number of carbonyl (C=O) groups excluding carboxylic acids is 3. The number of alkyl carbamates (subject to hydrolysis) is 1. The highest BCUT2D eigenvalue weighted by molar-refractivity contribution is 7.91. The Balaban J connectivity index is 1.17. The number of ether oxygens (including phenoxy) is 4. The molecule has 22 heteroatoms. The van der Waals surface area contributed by atoms with Crippen LogP contribution < -0.4 is 30.6 Å². The molecule has 0 bridgehead atoms. The number of aliphatic hydroxyl groups excluding tert-OH is 1. The van der Waals surface area contributed by atoms with E-state index < -0.39 is 58.2 Å². The van der Waals surface area contributed by atoms with Crippen molar-refractivity contribution in [2.75, 3.05) is 26.4 Å². The number of amides is 3. The fourth-order valence-corrected chi connectivity index (χ4v) is 6.11. The van der Waals surface area contributed by atoms with Crippen molar-refractivity contribution in [2.24, 2.45) is 5.14 Å². The molecular formula is C32H40N8O12S2. The number of thiazole rings is 1. The van der Waals surface area contributed by atoms with E-state index in [2.05, 4.69) is 31.2 Å². The maximum Gasteiger partial charge on any atom is 0.408 e. The predicted octanol–water partition coefficient (Wildman–Crippen LogP) is 0.281. The van der Waals surface area contributed by atoms with E-state index in [1.54, 1.807) is 63.2 Å². The van der Waals surface area contributed by atoms with E-state index in [0.29, 0.717) is 33.0 Å². The second-order valence-electron chi connectivity index (χ2n) is 12.5. The molecule has 0 saturated heterocycles. The van der Waals surface area contributed by atoms with Gasteiger partial charge in [-0.1, -0.05) is 17.3 Å². The van der Waals surface area contributed by atoms with Gasteiger partial charge in [0.15, 0.2) is 6.04 Å². The van der Waals surface area contributed by atoms with Gasteiger partial charge in [0.1, 0.15) is 48.6 Å². The van der Waals surface area contributed by atoms with Crippen LogP contribution in [0.2, 0.25) is 0 Å². The Hall–Kier alpha value is -5.42. The van der Waals surface area contributed by atoms with Crippen molar-refractivity contribution in [1.29, 1.82) is 0 Å². The first kappa shape index (κ1) is 41.3. The molecule has 2 atom stereocenters. The van der Waals surface area contributed by atoms with E-state index in [1.165, 1.54) is 10.9 Å². The van der Waals surface area contributed by atoms with Gasteiger partial charge in [-0.05, 0) is 56.7 Å². The molecule has 0 aliphatic carbocycles. The van der Waals surface area contributed by atoms with E-state index in [1.807, 2.05) is 0 Å². The van der Waals surface area contributed by atoms with Crippen molar-refractivity contribution in [3.63, 3.8) is 0 Å². The van der Waals surface area contributed by atoms with Crippen LogP contribution in [-0.4, -0.2) is 107 Å². The first-order valence-corrected chi connectivity index (χ1v) is 18.5. The first-order chi connectivity index (χ1) is 25.5. The highest BCUT2D eigenvalue weighted by Gasteiger charge is 2.24. The summed E-state index contributed by atoms with van der Waals surface area (Å²) in [6.45, 7) is 3.78. The topological polar surface area (TPSA) is 286 Å². The third-order valence-corrected chi connectivity index (χ3v) is 9.14. The molecular weight excluding hydrogens is 753 g/mol. The predicted molar refractivity (Wildman–Crippen MR) is 190 cm³/mol. The molecule has 0 saturated carbocycles. The zero-order valence-electron chi connectivity index (χ0n) is 29.4. The van der Waals surface area contributed by atoms with Crippen LogP contribution in [0.25, 0.3) is 10.2 Å². The highest BCUT2D eigenvalue weighted by atomic mass is 32.2. The molecule has 2 aromatic carbocycles. The number of hydrogen-bond donors (Lipinski definition) is 6. The van der Waals surface area contributed by atoms with Crippen molar-refractivity contribution < 1.29 is 56.8 Å². The van der Waals surface area contributed by atoms with Crippen LogP contribution in [0, 0.1) is 0 Å². The standard InChI is InChI=1S/C32H40N8O12S2/c1-32(2,3)52-30(46)36-24(15-41)28(43)34-9-10-50-21-6-4-5-19(11-21)16-49-18-25(29(44)45)35-27(42)14-40-13-20(38-39-40)17-51-22-7-8-23-26(12-22)53-31(37-23)54(33,47)48/h4-8,11-13,24-25,41H,9-10,14-18H2,1-3H3,(H,34,43)(H,35,42)(H,36,46)(H,44,45)(H2,33,47,48)/t24-,25?/m0/s1. The molecule has 1 unspecified atom stereocenters. The van der Waals surface area contributed by atoms with E-state index in [0.717, 1.165) is 11.3 Å². The number of aromatic nitrogens is 4. The molecule has 54 heavy (non-hydrogen) atoms. The molecule has 2 aromatic heterocycles. The molecule has 20 nitrogen and oxygen atoms in total. The zero-order chi connectivity index (χ0) is 39.5. The van der Waals surface area contributed by atoms with E-state index in [4.69, 9.17) is 24.1 Å². The molecule has 0 fully saturated rings. The molecule has 0 aliphatic rings. The molecule has 4 aromatic rings. The normalized spacial score (nSPS) is 12.8. The highest BCUT2D eigenvalue weighted by Crippen LogP contribution is 2.28. The summed E-state index contributed by atoms with van der Waals surface area (Å²) >= 11 is 0.905. The SMILES string of the molecule is CC(C)(C)OC(=O)N[C@@H](CO)C(=O)NCCOc1cccc(COCC(NC(=O)Cn2cc(COc3ccc4nc(S(N)(=O)=O)sc4c3)nn2)C(=O)O)c1. The van der Waals surface area contributed by atoms with Crippen molar-refractivity contribution >= 4 is 55.5 Å². The minimum absolute atomic E-state index is 0.00223. The number of carboxylic acid groups (broad SMARTS) is 1. The molecule has 4 rings (SSSR count). The zero-order valence-corrected chi connectivity index (χ0v) is 31.0. The summed E-state index contributed by atoms with van der Waals surface area (Å²) in [6.07, 6.45) is 0.611. The van der Waals surface area contributed by atoms with Gasteiger partial charge in [0, 0.05) is 0 Å². The van der Waals surface area contributed by atoms with Crippen LogP contribution in [-0.2, 0) is 53.6 Å². The second-order valence-corrected chi connectivity index (χ2v) is 15.3. The fourth-order valence-electron chi connectivity index (χ4n) is 4.43. The van der Waals surface area contributed by atoms with Crippen molar-refractivity contribution in [1.82, 2.24) is 35.9 Å². The lowest BCUT2D eigenvalue weighted by molar-refractivity contribution is -0.144. The molecule has 0 spiro atoms. The number of benzene rings is 2. The number of carboxylic acids is 1. The van der Waals surface area contributed by atoms with Gasteiger partial charge in [0.25, 0.3) is 10.0 Å². The number of nitrogens with two attached hydrogens (primary N) is 1. The Morgan fingerprint density at radius 1 is 1.02 bits per heavy atom. The van der Waals surface area contributed by atoms with Crippen LogP contribution >= 0.6 is 11.3 Å². The van der Waals surface area contributed by atoms with Crippen molar-refractivity contribution in [3.05, 3.63) is 59.9 Å². The van der Waals surface area contributed by atoms with Gasteiger partial charge >= 0.3 is 12.1 Å². The van der Waals surface area contributed by atoms with Gasteiger partial charge in [0.05, 0.1) is 42.8 Å². The van der Waals surface area contributed by atoms with Crippen LogP contribution in [0.1, 0.15) is 32.0 Å². The van der Waals surface area contributed by atoms with Gasteiger partial charge in [-0.15, -0.1) is 16.4 Å². The number of nitrogens with one attached hydrogen (secondary N) is 3.